The van der Waals surface area contributed by atoms with Gasteiger partial charge in [0.2, 0.25) is 0 Å². The topological polar surface area (TPSA) is 89.9 Å². The second kappa shape index (κ2) is 8.49. The van der Waals surface area contributed by atoms with E-state index in [0.717, 1.165) is 6.08 Å². The third-order valence-corrected chi connectivity index (χ3v) is 8.81. The number of benzene rings is 1. The first-order valence-corrected chi connectivity index (χ1v) is 11.6. The fourth-order valence-electron chi connectivity index (χ4n) is 3.11. The summed E-state index contributed by atoms with van der Waals surface area (Å²) < 4.78 is 78.9. The normalized spacial score (nSPS) is 24.1. The first-order valence-electron chi connectivity index (χ1n) is 8.52. The standard InChI is InChI=1S/C17H23F2O6PS/c1-3-24-26(21,25-4-2)17(18,19)14-11-8-12-15(20)16(14)27(22,23)13-9-6-5-7-10-13/h5-10,12,14-16,20H,3-4,11H2,1-2H3/t14-,15+,16+/m1/s1. The molecular weight excluding hydrogens is 401 g/mol. The van der Waals surface area contributed by atoms with E-state index >= 15 is 8.78 Å². The highest BCUT2D eigenvalue weighted by atomic mass is 32.2. The van der Waals surface area contributed by atoms with Crippen molar-refractivity contribution in [3.8, 4) is 0 Å². The van der Waals surface area contributed by atoms with Crippen LogP contribution in [0.3, 0.4) is 0 Å². The second-order valence-corrected chi connectivity index (χ2v) is 10.2. The van der Waals surface area contributed by atoms with Gasteiger partial charge in [-0.3, -0.25) is 4.57 Å². The van der Waals surface area contributed by atoms with Crippen LogP contribution in [0.4, 0.5) is 8.78 Å². The zero-order valence-electron chi connectivity index (χ0n) is 15.0. The van der Waals surface area contributed by atoms with E-state index in [-0.39, 0.29) is 18.1 Å². The van der Waals surface area contributed by atoms with E-state index in [0.29, 0.717) is 0 Å². The Morgan fingerprint density at radius 1 is 1.19 bits per heavy atom. The van der Waals surface area contributed by atoms with Crippen molar-refractivity contribution in [3.05, 3.63) is 42.5 Å². The molecule has 1 aromatic carbocycles. The van der Waals surface area contributed by atoms with Crippen LogP contribution >= 0.6 is 7.60 Å². The van der Waals surface area contributed by atoms with Gasteiger partial charge in [0, 0.05) is 0 Å². The van der Waals surface area contributed by atoms with Gasteiger partial charge in [-0.25, -0.2) is 8.42 Å². The number of hydrogen-bond donors (Lipinski definition) is 1. The van der Waals surface area contributed by atoms with Crippen LogP contribution in [0.5, 0.6) is 0 Å². The third kappa shape index (κ3) is 4.17. The van der Waals surface area contributed by atoms with Crippen LogP contribution in [0.15, 0.2) is 47.4 Å². The molecule has 0 spiro atoms. The van der Waals surface area contributed by atoms with Crippen LogP contribution in [0.2, 0.25) is 0 Å². The Morgan fingerprint density at radius 3 is 2.26 bits per heavy atom. The van der Waals surface area contributed by atoms with E-state index in [1.165, 1.54) is 44.2 Å². The first-order chi connectivity index (χ1) is 12.6. The van der Waals surface area contributed by atoms with Crippen LogP contribution in [0.1, 0.15) is 20.3 Å². The number of aliphatic hydroxyl groups is 1. The molecule has 2 rings (SSSR count). The lowest BCUT2D eigenvalue weighted by Crippen LogP contribution is -2.49. The van der Waals surface area contributed by atoms with Crippen molar-refractivity contribution < 1.29 is 35.9 Å². The minimum atomic E-state index is -4.96. The molecule has 0 aromatic heterocycles. The molecule has 6 nitrogen and oxygen atoms in total. The third-order valence-electron chi connectivity index (χ3n) is 4.30. The van der Waals surface area contributed by atoms with Crippen LogP contribution in [0, 0.1) is 5.92 Å². The van der Waals surface area contributed by atoms with Gasteiger partial charge in [0.25, 0.3) is 0 Å². The highest BCUT2D eigenvalue weighted by molar-refractivity contribution is 7.92. The summed E-state index contributed by atoms with van der Waals surface area (Å²) in [5, 5.41) is 8.36. The van der Waals surface area contributed by atoms with Gasteiger partial charge in [-0.1, -0.05) is 30.4 Å². The predicted octanol–water partition coefficient (Wildman–Crippen LogP) is 3.62. The van der Waals surface area contributed by atoms with Gasteiger partial charge >= 0.3 is 13.3 Å². The van der Waals surface area contributed by atoms with E-state index in [9.17, 15) is 18.1 Å². The molecule has 0 heterocycles. The Bertz CT molecular complexity index is 802. The van der Waals surface area contributed by atoms with Gasteiger partial charge in [0.05, 0.1) is 30.1 Å². The average molecular weight is 424 g/mol. The molecule has 0 radical (unpaired) electrons. The van der Waals surface area contributed by atoms with Crippen LogP contribution in [-0.4, -0.2) is 43.8 Å². The highest BCUT2D eigenvalue weighted by Gasteiger charge is 2.63. The lowest BCUT2D eigenvalue weighted by Gasteiger charge is -2.38. The van der Waals surface area contributed by atoms with Gasteiger partial charge in [-0.15, -0.1) is 0 Å². The van der Waals surface area contributed by atoms with E-state index in [1.807, 2.05) is 0 Å². The quantitative estimate of drug-likeness (QED) is 0.506. The Morgan fingerprint density at radius 2 is 1.74 bits per heavy atom. The maximum absolute atomic E-state index is 15.3. The van der Waals surface area contributed by atoms with Gasteiger partial charge < -0.3 is 14.2 Å². The van der Waals surface area contributed by atoms with Crippen molar-refractivity contribution in [1.29, 1.82) is 0 Å². The zero-order chi connectivity index (χ0) is 20.3. The smallest absolute Gasteiger partial charge is 0.388 e. The maximum atomic E-state index is 15.3. The number of alkyl halides is 2. The summed E-state index contributed by atoms with van der Waals surface area (Å²) in [6, 6.07) is 7.02. The number of allylic oxidation sites excluding steroid dienone is 1. The molecule has 27 heavy (non-hydrogen) atoms. The molecule has 0 bridgehead atoms. The number of hydrogen-bond acceptors (Lipinski definition) is 6. The summed E-state index contributed by atoms with van der Waals surface area (Å²) in [7, 11) is -9.31. The van der Waals surface area contributed by atoms with Crippen molar-refractivity contribution >= 4 is 17.4 Å². The Hall–Kier alpha value is -1.12. The fourth-order valence-corrected chi connectivity index (χ4v) is 7.00. The van der Waals surface area contributed by atoms with E-state index in [4.69, 9.17) is 9.05 Å². The number of halogens is 2. The zero-order valence-corrected chi connectivity index (χ0v) is 16.7. The second-order valence-electron chi connectivity index (χ2n) is 6.00. The first kappa shape index (κ1) is 22.2. The highest BCUT2D eigenvalue weighted by Crippen LogP contribution is 2.66. The van der Waals surface area contributed by atoms with E-state index < -0.39 is 46.8 Å². The number of rotatable bonds is 8. The molecule has 1 aromatic rings. The van der Waals surface area contributed by atoms with E-state index in [2.05, 4.69) is 0 Å². The summed E-state index contributed by atoms with van der Waals surface area (Å²) in [5.41, 5.74) is -4.11. The molecule has 0 amide bonds. The molecule has 0 unspecified atom stereocenters. The summed E-state index contributed by atoms with van der Waals surface area (Å²) in [4.78, 5) is -0.201. The molecule has 1 aliphatic rings. The van der Waals surface area contributed by atoms with Crippen molar-refractivity contribution in [3.63, 3.8) is 0 Å². The van der Waals surface area contributed by atoms with Crippen LogP contribution in [0.25, 0.3) is 0 Å². The molecule has 1 aliphatic carbocycles. The summed E-state index contributed by atoms with van der Waals surface area (Å²) in [6.45, 7) is 2.17. The Labute approximate surface area is 157 Å². The summed E-state index contributed by atoms with van der Waals surface area (Å²) in [5.74, 6) is -1.98. The minimum Gasteiger partial charge on any atom is -0.388 e. The Kier molecular flexibility index (Phi) is 6.97. The Balaban J connectivity index is 2.56. The molecule has 0 fully saturated rings. The fraction of sp³-hybridized carbons (Fsp3) is 0.529. The summed E-state index contributed by atoms with van der Waals surface area (Å²) in [6.07, 6.45) is 0.328. The summed E-state index contributed by atoms with van der Waals surface area (Å²) >= 11 is 0. The van der Waals surface area contributed by atoms with Crippen LogP contribution < -0.4 is 0 Å². The maximum Gasteiger partial charge on any atom is 0.399 e. The number of sulfone groups is 1. The predicted molar refractivity (Wildman–Crippen MR) is 96.5 cm³/mol. The van der Waals surface area contributed by atoms with Crippen LogP contribution in [-0.2, 0) is 23.4 Å². The lowest BCUT2D eigenvalue weighted by molar-refractivity contribution is -0.0257. The molecule has 1 N–H and O–H groups in total. The molecular formula is C17H23F2O6PS. The lowest BCUT2D eigenvalue weighted by atomic mass is 9.92. The molecule has 10 heteroatoms. The van der Waals surface area contributed by atoms with Crippen molar-refractivity contribution in [2.24, 2.45) is 5.92 Å². The minimum absolute atomic E-state index is 0.201. The van der Waals surface area contributed by atoms with Crippen molar-refractivity contribution in [2.45, 2.75) is 42.2 Å². The molecule has 0 saturated heterocycles. The van der Waals surface area contributed by atoms with Crippen molar-refractivity contribution in [1.82, 2.24) is 0 Å². The SMILES string of the molecule is CCOP(=O)(OCC)C(F)(F)[C@@H]1CC=C[C@H](O)[C@H]1S(=O)(=O)c1ccccc1. The molecule has 152 valence electrons. The monoisotopic (exact) mass is 424 g/mol. The molecule has 0 aliphatic heterocycles. The largest absolute Gasteiger partial charge is 0.399 e. The molecule has 0 saturated carbocycles. The average Bonchev–Trinajstić information content (AvgIpc) is 2.62. The molecule has 3 atom stereocenters. The number of aliphatic hydroxyl groups excluding tert-OH is 1. The van der Waals surface area contributed by atoms with Crippen molar-refractivity contribution in [2.75, 3.05) is 13.2 Å². The van der Waals surface area contributed by atoms with Gasteiger partial charge in [-0.05, 0) is 32.4 Å². The van der Waals surface area contributed by atoms with E-state index in [1.54, 1.807) is 6.07 Å². The van der Waals surface area contributed by atoms with Gasteiger partial charge in [-0.2, -0.15) is 8.78 Å². The van der Waals surface area contributed by atoms with Gasteiger partial charge in [0.15, 0.2) is 9.84 Å². The van der Waals surface area contributed by atoms with Gasteiger partial charge in [0.1, 0.15) is 5.25 Å².